The van der Waals surface area contributed by atoms with Gasteiger partial charge in [0, 0.05) is 13.1 Å². The van der Waals surface area contributed by atoms with Crippen molar-refractivity contribution in [3.63, 3.8) is 0 Å². The highest BCUT2D eigenvalue weighted by Gasteiger charge is 2.28. The van der Waals surface area contributed by atoms with Crippen LogP contribution in [-0.4, -0.2) is 22.8 Å². The number of carbonyl (C=O) groups is 1. The third-order valence-electron chi connectivity index (χ3n) is 4.71. The van der Waals surface area contributed by atoms with E-state index < -0.39 is 0 Å². The molecule has 0 fully saturated rings. The van der Waals surface area contributed by atoms with Crippen molar-refractivity contribution >= 4 is 27.5 Å². The molecular weight excluding hydrogens is 330 g/mol. The Morgan fingerprint density at radius 3 is 2.40 bits per heavy atom. The SMILES string of the molecule is CC(C(=O)N(C)C(C)c1nc2ccccc2s1)C(N)c1ccccc1. The average Bonchev–Trinajstić information content (AvgIpc) is 3.10. The Labute approximate surface area is 152 Å². The van der Waals surface area contributed by atoms with Gasteiger partial charge in [0.1, 0.15) is 5.01 Å². The highest BCUT2D eigenvalue weighted by atomic mass is 32.1. The predicted octanol–water partition coefficient (Wildman–Crippen LogP) is 4.15. The second-order valence-corrected chi connectivity index (χ2v) is 7.43. The molecule has 3 unspecified atom stereocenters. The molecule has 0 saturated heterocycles. The monoisotopic (exact) mass is 353 g/mol. The number of aromatic nitrogens is 1. The van der Waals surface area contributed by atoms with Gasteiger partial charge in [-0.3, -0.25) is 4.79 Å². The summed E-state index contributed by atoms with van der Waals surface area (Å²) in [5.74, 6) is -0.271. The van der Waals surface area contributed by atoms with Crippen molar-refractivity contribution in [2.45, 2.75) is 25.9 Å². The Hall–Kier alpha value is -2.24. The minimum absolute atomic E-state index is 0.0307. The largest absolute Gasteiger partial charge is 0.336 e. The number of thiazole rings is 1. The van der Waals surface area contributed by atoms with E-state index in [0.717, 1.165) is 20.8 Å². The Balaban J connectivity index is 1.76. The van der Waals surface area contributed by atoms with Gasteiger partial charge in [0.15, 0.2) is 0 Å². The molecule has 0 aliphatic rings. The number of fused-ring (bicyclic) bond motifs is 1. The maximum Gasteiger partial charge on any atom is 0.227 e. The molecule has 0 aliphatic heterocycles. The van der Waals surface area contributed by atoms with Crippen molar-refractivity contribution in [3.05, 3.63) is 65.2 Å². The molecule has 1 amide bonds. The molecule has 0 aliphatic carbocycles. The minimum atomic E-state index is -0.321. The Morgan fingerprint density at radius 1 is 1.08 bits per heavy atom. The topological polar surface area (TPSA) is 59.2 Å². The fourth-order valence-electron chi connectivity index (χ4n) is 2.86. The normalized spacial score (nSPS) is 14.9. The molecule has 0 bridgehead atoms. The molecule has 2 aromatic carbocycles. The van der Waals surface area contributed by atoms with Gasteiger partial charge in [0.25, 0.3) is 0 Å². The van der Waals surface area contributed by atoms with Gasteiger partial charge < -0.3 is 10.6 Å². The molecule has 0 spiro atoms. The molecule has 3 aromatic rings. The summed E-state index contributed by atoms with van der Waals surface area (Å²) >= 11 is 1.63. The first-order chi connectivity index (χ1) is 12.0. The smallest absolute Gasteiger partial charge is 0.227 e. The van der Waals surface area contributed by atoms with Crippen LogP contribution in [0.15, 0.2) is 54.6 Å². The van der Waals surface area contributed by atoms with E-state index in [1.807, 2.05) is 69.4 Å². The van der Waals surface area contributed by atoms with Crippen LogP contribution in [0.4, 0.5) is 0 Å². The van der Waals surface area contributed by atoms with E-state index in [1.54, 1.807) is 16.2 Å². The summed E-state index contributed by atoms with van der Waals surface area (Å²) in [5, 5.41) is 0.942. The molecule has 1 aromatic heterocycles. The van der Waals surface area contributed by atoms with Crippen LogP contribution in [0.5, 0.6) is 0 Å². The van der Waals surface area contributed by atoms with Crippen molar-refractivity contribution in [1.82, 2.24) is 9.88 Å². The number of carbonyl (C=O) groups excluding carboxylic acids is 1. The zero-order valence-corrected chi connectivity index (χ0v) is 15.5. The first-order valence-electron chi connectivity index (χ1n) is 8.41. The van der Waals surface area contributed by atoms with Crippen LogP contribution in [0.3, 0.4) is 0 Å². The third kappa shape index (κ3) is 3.57. The Morgan fingerprint density at radius 2 is 1.72 bits per heavy atom. The lowest BCUT2D eigenvalue weighted by atomic mass is 9.94. The first kappa shape index (κ1) is 17.6. The molecule has 25 heavy (non-hydrogen) atoms. The quantitative estimate of drug-likeness (QED) is 0.749. The Kier molecular flexibility index (Phi) is 5.16. The number of hydrogen-bond acceptors (Lipinski definition) is 4. The molecule has 5 heteroatoms. The molecule has 3 rings (SSSR count). The Bertz CT molecular complexity index is 829. The van der Waals surface area contributed by atoms with Crippen LogP contribution in [0.25, 0.3) is 10.2 Å². The van der Waals surface area contributed by atoms with E-state index >= 15 is 0 Å². The molecule has 0 radical (unpaired) electrons. The molecule has 1 heterocycles. The third-order valence-corrected chi connectivity index (χ3v) is 5.92. The average molecular weight is 353 g/mol. The fraction of sp³-hybridized carbons (Fsp3) is 0.300. The minimum Gasteiger partial charge on any atom is -0.336 e. The van der Waals surface area contributed by atoms with Gasteiger partial charge in [0.2, 0.25) is 5.91 Å². The van der Waals surface area contributed by atoms with Crippen LogP contribution in [0.2, 0.25) is 0 Å². The van der Waals surface area contributed by atoms with E-state index in [9.17, 15) is 4.79 Å². The van der Waals surface area contributed by atoms with Gasteiger partial charge in [-0.25, -0.2) is 4.98 Å². The molecular formula is C20H23N3OS. The van der Waals surface area contributed by atoms with Crippen LogP contribution in [0, 0.1) is 5.92 Å². The summed E-state index contributed by atoms with van der Waals surface area (Å²) in [4.78, 5) is 19.3. The highest BCUT2D eigenvalue weighted by Crippen LogP contribution is 2.30. The maximum absolute atomic E-state index is 12.9. The van der Waals surface area contributed by atoms with E-state index in [-0.39, 0.29) is 23.9 Å². The van der Waals surface area contributed by atoms with Crippen molar-refractivity contribution in [2.75, 3.05) is 7.05 Å². The van der Waals surface area contributed by atoms with Gasteiger partial charge in [-0.2, -0.15) is 0 Å². The van der Waals surface area contributed by atoms with Crippen molar-refractivity contribution in [1.29, 1.82) is 0 Å². The number of hydrogen-bond donors (Lipinski definition) is 1. The number of nitrogens with two attached hydrogens (primary N) is 1. The molecule has 3 atom stereocenters. The lowest BCUT2D eigenvalue weighted by Gasteiger charge is -2.29. The van der Waals surface area contributed by atoms with Crippen LogP contribution >= 0.6 is 11.3 Å². The summed E-state index contributed by atoms with van der Waals surface area (Å²) in [6.07, 6.45) is 0. The number of nitrogens with zero attached hydrogens (tertiary/aromatic N) is 2. The van der Waals surface area contributed by atoms with Gasteiger partial charge >= 0.3 is 0 Å². The number of amides is 1. The summed E-state index contributed by atoms with van der Waals surface area (Å²) in [6.45, 7) is 3.90. The van der Waals surface area contributed by atoms with E-state index in [0.29, 0.717) is 0 Å². The molecule has 4 nitrogen and oxygen atoms in total. The number of rotatable bonds is 5. The molecule has 130 valence electrons. The second kappa shape index (κ2) is 7.33. The van der Waals surface area contributed by atoms with E-state index in [4.69, 9.17) is 5.73 Å². The summed E-state index contributed by atoms with van der Waals surface area (Å²) in [5.41, 5.74) is 8.27. The van der Waals surface area contributed by atoms with Gasteiger partial charge in [-0.05, 0) is 24.6 Å². The standard InChI is InChI=1S/C20H23N3OS/c1-13(18(21)15-9-5-4-6-10-15)20(24)23(3)14(2)19-22-16-11-7-8-12-17(16)25-19/h4-14,18H,21H2,1-3H3. The van der Waals surface area contributed by atoms with Gasteiger partial charge in [-0.15, -0.1) is 11.3 Å². The zero-order valence-electron chi connectivity index (χ0n) is 14.7. The van der Waals surface area contributed by atoms with Crippen LogP contribution in [0.1, 0.15) is 36.5 Å². The predicted molar refractivity (Wildman–Crippen MR) is 103 cm³/mol. The summed E-state index contributed by atoms with van der Waals surface area (Å²) in [6, 6.07) is 17.4. The van der Waals surface area contributed by atoms with Crippen molar-refractivity contribution < 1.29 is 4.79 Å². The van der Waals surface area contributed by atoms with Gasteiger partial charge in [-0.1, -0.05) is 49.4 Å². The van der Waals surface area contributed by atoms with E-state index in [2.05, 4.69) is 11.1 Å². The van der Waals surface area contributed by atoms with Crippen molar-refractivity contribution in [2.24, 2.45) is 11.7 Å². The van der Waals surface area contributed by atoms with Gasteiger partial charge in [0.05, 0.1) is 22.2 Å². The lowest BCUT2D eigenvalue weighted by molar-refractivity contribution is -0.136. The van der Waals surface area contributed by atoms with Crippen LogP contribution < -0.4 is 5.73 Å². The maximum atomic E-state index is 12.9. The second-order valence-electron chi connectivity index (χ2n) is 6.37. The molecule has 0 saturated carbocycles. The van der Waals surface area contributed by atoms with E-state index in [1.165, 1.54) is 0 Å². The number of para-hydroxylation sites is 1. The zero-order chi connectivity index (χ0) is 18.0. The fourth-order valence-corrected chi connectivity index (χ4v) is 3.93. The highest BCUT2D eigenvalue weighted by molar-refractivity contribution is 7.18. The lowest BCUT2D eigenvalue weighted by Crippen LogP contribution is -2.38. The first-order valence-corrected chi connectivity index (χ1v) is 9.23. The molecule has 2 N–H and O–H groups in total. The number of benzene rings is 2. The van der Waals surface area contributed by atoms with Crippen molar-refractivity contribution in [3.8, 4) is 0 Å². The van der Waals surface area contributed by atoms with Crippen LogP contribution in [-0.2, 0) is 4.79 Å². The summed E-state index contributed by atoms with van der Waals surface area (Å²) < 4.78 is 1.14. The summed E-state index contributed by atoms with van der Waals surface area (Å²) in [7, 11) is 1.83.